The monoisotopic (exact) mass is 441 g/mol. The number of aromatic nitrogens is 3. The van der Waals surface area contributed by atoms with Gasteiger partial charge in [0.2, 0.25) is 5.91 Å². The number of piperidine rings is 1. The van der Waals surface area contributed by atoms with Crippen molar-refractivity contribution in [3.8, 4) is 11.5 Å². The minimum atomic E-state index is -0.245. The molecule has 4 aromatic rings. The molecule has 7 heteroatoms. The summed E-state index contributed by atoms with van der Waals surface area (Å²) in [5.41, 5.74) is 1.54. The normalized spacial score (nSPS) is 15.9. The molecule has 1 aliphatic heterocycles. The van der Waals surface area contributed by atoms with Gasteiger partial charge in [-0.1, -0.05) is 36.4 Å². The van der Waals surface area contributed by atoms with E-state index in [0.29, 0.717) is 17.4 Å². The average molecular weight is 442 g/mol. The molecule has 0 radical (unpaired) electrons. The highest BCUT2D eigenvalue weighted by atomic mass is 16.5. The van der Waals surface area contributed by atoms with E-state index in [1.165, 1.54) is 0 Å². The second-order valence-electron chi connectivity index (χ2n) is 8.37. The molecule has 7 nitrogen and oxygen atoms in total. The molecule has 2 aromatic heterocycles. The maximum atomic E-state index is 13.1. The highest BCUT2D eigenvalue weighted by Gasteiger charge is 2.29. The molecule has 2 aromatic carbocycles. The summed E-state index contributed by atoms with van der Waals surface area (Å²) in [6.07, 6.45) is 3.91. The predicted molar refractivity (Wildman–Crippen MR) is 128 cm³/mol. The molecule has 5 rings (SSSR count). The Morgan fingerprint density at radius 3 is 2.52 bits per heavy atom. The third-order valence-corrected chi connectivity index (χ3v) is 6.28. The number of fused-ring (bicyclic) bond motifs is 1. The molecule has 0 saturated carbocycles. The van der Waals surface area contributed by atoms with Crippen LogP contribution in [0.25, 0.3) is 5.65 Å². The molecule has 1 N–H and O–H groups in total. The summed E-state index contributed by atoms with van der Waals surface area (Å²) in [5.74, 6) is 2.67. The number of carbonyl (C=O) groups excluding carboxylic acids is 1. The minimum absolute atomic E-state index is 0.0366. The van der Waals surface area contributed by atoms with Crippen LogP contribution >= 0.6 is 0 Å². The Morgan fingerprint density at radius 2 is 1.70 bits per heavy atom. The Bertz CT molecular complexity index is 1230. The van der Waals surface area contributed by atoms with Gasteiger partial charge in [-0.2, -0.15) is 0 Å². The van der Waals surface area contributed by atoms with Gasteiger partial charge in [0.25, 0.3) is 0 Å². The van der Waals surface area contributed by atoms with E-state index in [-0.39, 0.29) is 11.9 Å². The lowest BCUT2D eigenvalue weighted by Crippen LogP contribution is -2.45. The van der Waals surface area contributed by atoms with Crippen molar-refractivity contribution in [2.75, 3.05) is 18.4 Å². The van der Waals surface area contributed by atoms with Gasteiger partial charge in [-0.15, -0.1) is 10.2 Å². The van der Waals surface area contributed by atoms with E-state index in [1.54, 1.807) is 0 Å². The zero-order valence-electron chi connectivity index (χ0n) is 18.6. The summed E-state index contributed by atoms with van der Waals surface area (Å²) < 4.78 is 8.05. The summed E-state index contributed by atoms with van der Waals surface area (Å²) in [6.45, 7) is 3.63. The molecule has 168 valence electrons. The van der Waals surface area contributed by atoms with E-state index in [0.717, 1.165) is 43.2 Å². The molecule has 33 heavy (non-hydrogen) atoms. The minimum Gasteiger partial charge on any atom is -0.455 e. The third-order valence-electron chi connectivity index (χ3n) is 6.28. The third kappa shape index (κ3) is 4.59. The fraction of sp³-hybridized carbons (Fsp3) is 0.269. The summed E-state index contributed by atoms with van der Waals surface area (Å²) in [6, 6.07) is 22.8. The van der Waals surface area contributed by atoms with Gasteiger partial charge < -0.3 is 10.1 Å². The Hall–Kier alpha value is -3.71. The molecular formula is C26H27N5O2. The number of hydrogen-bond donors (Lipinski definition) is 1. The molecule has 0 spiro atoms. The van der Waals surface area contributed by atoms with Crippen LogP contribution in [-0.2, 0) is 4.79 Å². The van der Waals surface area contributed by atoms with Gasteiger partial charge >= 0.3 is 0 Å². The first-order chi connectivity index (χ1) is 16.2. The van der Waals surface area contributed by atoms with Crippen molar-refractivity contribution in [2.45, 2.75) is 31.7 Å². The highest BCUT2D eigenvalue weighted by molar-refractivity contribution is 5.95. The van der Waals surface area contributed by atoms with Crippen LogP contribution in [0.1, 0.15) is 31.5 Å². The molecule has 1 fully saturated rings. The zero-order chi connectivity index (χ0) is 22.6. The number of benzene rings is 2. The Balaban J connectivity index is 1.21. The maximum Gasteiger partial charge on any atom is 0.241 e. The van der Waals surface area contributed by atoms with Gasteiger partial charge in [0.05, 0.1) is 11.7 Å². The molecule has 0 bridgehead atoms. The predicted octanol–water partition coefficient (Wildman–Crippen LogP) is 4.73. The number of para-hydroxylation sites is 3. The van der Waals surface area contributed by atoms with Crippen molar-refractivity contribution in [1.29, 1.82) is 0 Å². The van der Waals surface area contributed by atoms with Gasteiger partial charge in [0.15, 0.2) is 11.4 Å². The van der Waals surface area contributed by atoms with Crippen LogP contribution in [0.4, 0.5) is 5.69 Å². The van der Waals surface area contributed by atoms with Gasteiger partial charge in [-0.3, -0.25) is 14.1 Å². The zero-order valence-corrected chi connectivity index (χ0v) is 18.6. The fourth-order valence-corrected chi connectivity index (χ4v) is 4.36. The number of hydrogen-bond acceptors (Lipinski definition) is 5. The standard InChI is InChI=1S/C26H27N5O2/c1-19(26(32)27-22-11-5-6-12-23(22)33-21-9-3-2-4-10-21)30-17-14-20(15-18-30)25-29-28-24-13-7-8-16-31(24)25/h2-13,16,19-20H,14-15,17-18H2,1H3,(H,27,32). The molecular weight excluding hydrogens is 414 g/mol. The van der Waals surface area contributed by atoms with Gasteiger partial charge in [-0.05, 0) is 69.3 Å². The summed E-state index contributed by atoms with van der Waals surface area (Å²) >= 11 is 0. The number of likely N-dealkylation sites (tertiary alicyclic amines) is 1. The van der Waals surface area contributed by atoms with Crippen molar-refractivity contribution >= 4 is 17.2 Å². The largest absolute Gasteiger partial charge is 0.455 e. The van der Waals surface area contributed by atoms with E-state index in [9.17, 15) is 4.79 Å². The molecule has 3 heterocycles. The Kier molecular flexibility index (Phi) is 6.04. The number of amides is 1. The quantitative estimate of drug-likeness (QED) is 0.468. The van der Waals surface area contributed by atoms with Crippen LogP contribution in [0.3, 0.4) is 0 Å². The number of ether oxygens (including phenoxy) is 1. The van der Waals surface area contributed by atoms with Crippen molar-refractivity contribution in [3.63, 3.8) is 0 Å². The number of pyridine rings is 1. The smallest absolute Gasteiger partial charge is 0.241 e. The highest BCUT2D eigenvalue weighted by Crippen LogP contribution is 2.31. The number of rotatable bonds is 6. The fourth-order valence-electron chi connectivity index (χ4n) is 4.36. The number of carbonyl (C=O) groups is 1. The molecule has 1 aliphatic rings. The molecule has 1 unspecified atom stereocenters. The average Bonchev–Trinajstić information content (AvgIpc) is 3.30. The molecule has 1 amide bonds. The maximum absolute atomic E-state index is 13.1. The van der Waals surface area contributed by atoms with Crippen molar-refractivity contribution in [3.05, 3.63) is 84.8 Å². The number of anilines is 1. The van der Waals surface area contributed by atoms with Crippen LogP contribution in [0, 0.1) is 0 Å². The second-order valence-corrected chi connectivity index (χ2v) is 8.37. The van der Waals surface area contributed by atoms with Gasteiger partial charge in [0, 0.05) is 12.1 Å². The van der Waals surface area contributed by atoms with E-state index >= 15 is 0 Å². The lowest BCUT2D eigenvalue weighted by Gasteiger charge is -2.34. The van der Waals surface area contributed by atoms with Crippen LogP contribution in [-0.4, -0.2) is 44.5 Å². The van der Waals surface area contributed by atoms with Crippen LogP contribution in [0.15, 0.2) is 79.0 Å². The molecule has 1 atom stereocenters. The number of nitrogens with zero attached hydrogens (tertiary/aromatic N) is 4. The molecule has 0 aliphatic carbocycles. The van der Waals surface area contributed by atoms with Crippen molar-refractivity contribution in [1.82, 2.24) is 19.5 Å². The van der Waals surface area contributed by atoms with E-state index in [4.69, 9.17) is 4.74 Å². The van der Waals surface area contributed by atoms with Crippen molar-refractivity contribution in [2.24, 2.45) is 0 Å². The summed E-state index contributed by atoms with van der Waals surface area (Å²) in [4.78, 5) is 15.3. The number of nitrogens with one attached hydrogen (secondary N) is 1. The van der Waals surface area contributed by atoms with E-state index in [1.807, 2.05) is 85.9 Å². The van der Waals surface area contributed by atoms with Crippen molar-refractivity contribution < 1.29 is 9.53 Å². The SMILES string of the molecule is CC(C(=O)Nc1ccccc1Oc1ccccc1)N1CCC(c2nnc3ccccn23)CC1. The van der Waals surface area contributed by atoms with Gasteiger partial charge in [-0.25, -0.2) is 0 Å². The van der Waals surface area contributed by atoms with E-state index in [2.05, 4.69) is 24.8 Å². The Labute approximate surface area is 193 Å². The first kappa shape index (κ1) is 21.2. The topological polar surface area (TPSA) is 71.8 Å². The lowest BCUT2D eigenvalue weighted by molar-refractivity contribution is -0.121. The van der Waals surface area contributed by atoms with Crippen LogP contribution < -0.4 is 10.1 Å². The Morgan fingerprint density at radius 1 is 0.970 bits per heavy atom. The molecule has 1 saturated heterocycles. The van der Waals surface area contributed by atoms with Crippen LogP contribution in [0.2, 0.25) is 0 Å². The first-order valence-corrected chi connectivity index (χ1v) is 11.4. The van der Waals surface area contributed by atoms with Gasteiger partial charge in [0.1, 0.15) is 11.6 Å². The van der Waals surface area contributed by atoms with Crippen LogP contribution in [0.5, 0.6) is 11.5 Å². The first-order valence-electron chi connectivity index (χ1n) is 11.4. The van der Waals surface area contributed by atoms with E-state index < -0.39 is 0 Å². The summed E-state index contributed by atoms with van der Waals surface area (Å²) in [5, 5.41) is 11.8. The second kappa shape index (κ2) is 9.42. The lowest BCUT2D eigenvalue weighted by atomic mass is 9.95. The summed E-state index contributed by atoms with van der Waals surface area (Å²) in [7, 11) is 0.